The van der Waals surface area contributed by atoms with E-state index in [9.17, 15) is 23.9 Å². The number of anilines is 3. The summed E-state index contributed by atoms with van der Waals surface area (Å²) in [5, 5.41) is 22.3. The molecule has 2 aliphatic rings. The second kappa shape index (κ2) is 13.8. The highest BCUT2D eigenvalue weighted by Gasteiger charge is 2.33. The van der Waals surface area contributed by atoms with Crippen LogP contribution in [0.5, 0.6) is 11.6 Å². The number of nitrogens with one attached hydrogen (secondary N) is 1. The minimum atomic E-state index is -3.13. The maximum absolute atomic E-state index is 12.7. The number of methoxy groups -OCH3 is 1. The average molecular weight is 609 g/mol. The van der Waals surface area contributed by atoms with Crippen LogP contribution in [0.1, 0.15) is 18.4 Å². The van der Waals surface area contributed by atoms with Gasteiger partial charge in [0, 0.05) is 63.9 Å². The van der Waals surface area contributed by atoms with E-state index in [-0.39, 0.29) is 19.2 Å². The van der Waals surface area contributed by atoms with Gasteiger partial charge in [0.05, 0.1) is 18.4 Å². The number of nitriles is 1. The molecule has 5 rings (SSSR count). The number of hydrogen-bond acceptors (Lipinski definition) is 11. The number of aromatic nitrogens is 3. The number of nitrogens with zero attached hydrogens (tertiary/aromatic N) is 7. The average Bonchev–Trinajstić information content (AvgIpc) is 3.05. The van der Waals surface area contributed by atoms with E-state index in [1.165, 1.54) is 4.90 Å². The molecule has 2 aromatic heterocycles. The molecule has 0 bridgehead atoms. The summed E-state index contributed by atoms with van der Waals surface area (Å²) in [6, 6.07) is 12.8. The van der Waals surface area contributed by atoms with E-state index in [0.717, 1.165) is 31.9 Å². The molecule has 44 heavy (non-hydrogen) atoms. The van der Waals surface area contributed by atoms with Crippen molar-refractivity contribution >= 4 is 23.4 Å². The number of aliphatic hydroxyl groups is 1. The fraction of sp³-hybridized carbons (Fsp3) is 0.433. The number of piperidine rings is 1. The van der Waals surface area contributed by atoms with E-state index in [0.29, 0.717) is 53.1 Å². The first-order valence-corrected chi connectivity index (χ1v) is 14.3. The van der Waals surface area contributed by atoms with Crippen molar-refractivity contribution in [1.29, 1.82) is 5.26 Å². The Labute approximate surface area is 253 Å². The standard InChI is InChI=1S/C30H34F2N8O4/c1-38-13-15-39(16-14-38)23-4-6-25(36-28(23)43-2)37-30-34-10-7-22(35-30)19-3-5-24(20(17-19)18-33)44-21-8-11-40(12-9-21)29(42)26(41)27(31)32/h3-7,10,17,21,26-27,41H,8-9,11-16H2,1-2H3,(H,34,35,36,37)/t26-/m1/s1. The number of carbonyl (C=O) groups is 1. The van der Waals surface area contributed by atoms with Gasteiger partial charge in [0.25, 0.3) is 12.3 Å². The maximum Gasteiger partial charge on any atom is 0.273 e. The van der Waals surface area contributed by atoms with Crippen molar-refractivity contribution in [2.75, 3.05) is 63.6 Å². The van der Waals surface area contributed by atoms with Crippen molar-refractivity contribution in [3.05, 3.63) is 48.2 Å². The van der Waals surface area contributed by atoms with Gasteiger partial charge in [-0.25, -0.2) is 18.7 Å². The van der Waals surface area contributed by atoms with Gasteiger partial charge in [-0.2, -0.15) is 10.2 Å². The number of aliphatic hydroxyl groups excluding tert-OH is 1. The number of likely N-dealkylation sites (tertiary alicyclic amines) is 1. The Kier molecular flexibility index (Phi) is 9.66. The molecule has 0 aliphatic carbocycles. The number of piperazine rings is 1. The van der Waals surface area contributed by atoms with Crippen molar-refractivity contribution in [3.8, 4) is 29.0 Å². The third kappa shape index (κ3) is 7.12. The molecule has 1 atom stereocenters. The van der Waals surface area contributed by atoms with Gasteiger partial charge in [-0.15, -0.1) is 0 Å². The second-order valence-corrected chi connectivity index (χ2v) is 10.7. The molecule has 2 aliphatic heterocycles. The van der Waals surface area contributed by atoms with Crippen LogP contribution in [0, 0.1) is 11.3 Å². The molecule has 1 aromatic carbocycles. The SMILES string of the molecule is COc1nc(Nc2nccc(-c3ccc(OC4CCN(C(=O)[C@H](O)C(F)F)CC4)c(C#N)c3)n2)ccc1N1CCN(C)CC1. The summed E-state index contributed by atoms with van der Waals surface area (Å²) in [5.41, 5.74) is 2.48. The minimum Gasteiger partial charge on any atom is -0.489 e. The highest BCUT2D eigenvalue weighted by molar-refractivity contribution is 5.81. The van der Waals surface area contributed by atoms with Crippen molar-refractivity contribution in [2.24, 2.45) is 0 Å². The molecule has 1 amide bonds. The fourth-order valence-electron chi connectivity index (χ4n) is 5.18. The predicted molar refractivity (Wildman–Crippen MR) is 158 cm³/mol. The summed E-state index contributed by atoms with van der Waals surface area (Å²) >= 11 is 0. The van der Waals surface area contributed by atoms with Gasteiger partial charge in [-0.1, -0.05) is 0 Å². The first kappa shape index (κ1) is 30.8. The minimum absolute atomic E-state index is 0.170. The van der Waals surface area contributed by atoms with Crippen LogP contribution in [-0.4, -0.2) is 108 Å². The zero-order valence-corrected chi connectivity index (χ0v) is 24.5. The number of hydrogen-bond donors (Lipinski definition) is 2. The first-order valence-electron chi connectivity index (χ1n) is 14.3. The van der Waals surface area contributed by atoms with Crippen molar-refractivity contribution in [2.45, 2.75) is 31.5 Å². The van der Waals surface area contributed by atoms with Crippen LogP contribution in [0.4, 0.5) is 26.2 Å². The molecule has 2 N–H and O–H groups in total. The number of alkyl halides is 2. The monoisotopic (exact) mass is 608 g/mol. The first-order chi connectivity index (χ1) is 21.2. The number of likely N-dealkylation sites (N-methyl/N-ethyl adjacent to an activating group) is 1. The van der Waals surface area contributed by atoms with Crippen LogP contribution in [-0.2, 0) is 4.79 Å². The Morgan fingerprint density at radius 2 is 1.84 bits per heavy atom. The summed E-state index contributed by atoms with van der Waals surface area (Å²) in [4.78, 5) is 31.3. The molecule has 12 nitrogen and oxygen atoms in total. The lowest BCUT2D eigenvalue weighted by molar-refractivity contribution is -0.150. The van der Waals surface area contributed by atoms with Crippen LogP contribution in [0.25, 0.3) is 11.3 Å². The highest BCUT2D eigenvalue weighted by atomic mass is 19.3. The number of rotatable bonds is 9. The lowest BCUT2D eigenvalue weighted by atomic mass is 10.1. The second-order valence-electron chi connectivity index (χ2n) is 10.7. The Hall–Kier alpha value is -4.61. The normalized spacial score (nSPS) is 16.8. The van der Waals surface area contributed by atoms with Gasteiger partial charge in [-0.05, 0) is 43.4 Å². The third-order valence-corrected chi connectivity index (χ3v) is 7.71. The smallest absolute Gasteiger partial charge is 0.273 e. The third-order valence-electron chi connectivity index (χ3n) is 7.71. The van der Waals surface area contributed by atoms with E-state index in [1.54, 1.807) is 37.6 Å². The van der Waals surface area contributed by atoms with E-state index < -0.39 is 18.4 Å². The van der Waals surface area contributed by atoms with Crippen molar-refractivity contribution in [3.63, 3.8) is 0 Å². The topological polar surface area (TPSA) is 140 Å². The largest absolute Gasteiger partial charge is 0.489 e. The Morgan fingerprint density at radius 3 is 2.52 bits per heavy atom. The van der Waals surface area contributed by atoms with Crippen LogP contribution in [0.15, 0.2) is 42.6 Å². The van der Waals surface area contributed by atoms with Gasteiger partial charge >= 0.3 is 0 Å². The van der Waals surface area contributed by atoms with E-state index in [2.05, 4.69) is 43.2 Å². The Morgan fingerprint density at radius 1 is 1.09 bits per heavy atom. The van der Waals surface area contributed by atoms with Crippen molar-refractivity contribution in [1.82, 2.24) is 24.8 Å². The van der Waals surface area contributed by atoms with Gasteiger partial charge in [-0.3, -0.25) is 4.79 Å². The Bertz CT molecular complexity index is 1500. The molecule has 4 heterocycles. The molecule has 0 radical (unpaired) electrons. The number of benzene rings is 1. The molecule has 2 fully saturated rings. The Balaban J connectivity index is 1.24. The molecule has 2 saturated heterocycles. The lowest BCUT2D eigenvalue weighted by Gasteiger charge is -2.34. The zero-order chi connectivity index (χ0) is 31.2. The van der Waals surface area contributed by atoms with E-state index >= 15 is 0 Å². The summed E-state index contributed by atoms with van der Waals surface area (Å²) < 4.78 is 37.0. The highest BCUT2D eigenvalue weighted by Crippen LogP contribution is 2.31. The number of amides is 1. The van der Waals surface area contributed by atoms with Gasteiger partial charge in [0.2, 0.25) is 11.8 Å². The predicted octanol–water partition coefficient (Wildman–Crippen LogP) is 2.91. The molecule has 14 heteroatoms. The molecular weight excluding hydrogens is 574 g/mol. The van der Waals surface area contributed by atoms with Crippen molar-refractivity contribution < 1.29 is 28.2 Å². The molecule has 3 aromatic rings. The fourth-order valence-corrected chi connectivity index (χ4v) is 5.18. The molecule has 0 unspecified atom stereocenters. The quantitative estimate of drug-likeness (QED) is 0.371. The van der Waals surface area contributed by atoms with Crippen LogP contribution < -0.4 is 19.7 Å². The maximum atomic E-state index is 12.7. The summed E-state index contributed by atoms with van der Waals surface area (Å²) in [5.74, 6) is 0.735. The van der Waals surface area contributed by atoms with Gasteiger partial charge in [0.1, 0.15) is 29.4 Å². The van der Waals surface area contributed by atoms with Crippen LogP contribution in [0.3, 0.4) is 0 Å². The number of ether oxygens (including phenoxy) is 2. The molecule has 0 spiro atoms. The van der Waals surface area contributed by atoms with E-state index in [1.807, 2.05) is 12.1 Å². The van der Waals surface area contributed by atoms with Gasteiger partial charge < -0.3 is 34.6 Å². The zero-order valence-electron chi connectivity index (χ0n) is 24.5. The number of pyridine rings is 1. The molecule has 232 valence electrons. The van der Waals surface area contributed by atoms with E-state index in [4.69, 9.17) is 9.47 Å². The summed E-state index contributed by atoms with van der Waals surface area (Å²) in [6.07, 6.45) is -3.41. The number of halogens is 2. The lowest BCUT2D eigenvalue weighted by Crippen LogP contribution is -2.47. The summed E-state index contributed by atoms with van der Waals surface area (Å²) in [6.45, 7) is 4.03. The molecule has 0 saturated carbocycles. The van der Waals surface area contributed by atoms with Crippen LogP contribution in [0.2, 0.25) is 0 Å². The van der Waals surface area contributed by atoms with Gasteiger partial charge in [0.15, 0.2) is 6.10 Å². The van der Waals surface area contributed by atoms with Crippen LogP contribution >= 0.6 is 0 Å². The summed E-state index contributed by atoms with van der Waals surface area (Å²) in [7, 11) is 3.69. The molecular formula is C30H34F2N8O4. The number of carbonyl (C=O) groups excluding carboxylic acids is 1.